The molecule has 0 aliphatic heterocycles. The largest absolute Gasteiger partial charge is 0.399 e. The molecule has 2 atom stereocenters. The van der Waals surface area contributed by atoms with Crippen LogP contribution in [0.2, 0.25) is 0 Å². The van der Waals surface area contributed by atoms with Crippen molar-refractivity contribution in [2.24, 2.45) is 5.41 Å². The van der Waals surface area contributed by atoms with E-state index in [2.05, 4.69) is 50.2 Å². The van der Waals surface area contributed by atoms with E-state index in [1.54, 1.807) is 5.56 Å². The first-order chi connectivity index (χ1) is 10.6. The van der Waals surface area contributed by atoms with Crippen molar-refractivity contribution in [1.29, 1.82) is 0 Å². The third-order valence-corrected chi connectivity index (χ3v) is 5.48. The molecule has 3 rings (SSSR count). The average Bonchev–Trinajstić information content (AvgIpc) is 2.51. The lowest BCUT2D eigenvalue weighted by Gasteiger charge is -2.43. The summed E-state index contributed by atoms with van der Waals surface area (Å²) in [7, 11) is 0. The molecule has 2 unspecified atom stereocenters. The van der Waals surface area contributed by atoms with E-state index in [1.165, 1.54) is 36.8 Å². The molecule has 2 aromatic rings. The second-order valence-electron chi connectivity index (χ2n) is 7.23. The van der Waals surface area contributed by atoms with Gasteiger partial charge in [-0.3, -0.25) is 0 Å². The lowest BCUT2D eigenvalue weighted by atomic mass is 9.62. The van der Waals surface area contributed by atoms with Crippen LogP contribution in [0.15, 0.2) is 48.5 Å². The number of hydrogen-bond acceptors (Lipinski definition) is 1. The molecule has 0 amide bonds. The molecular formula is C21H27N. The van der Waals surface area contributed by atoms with E-state index in [0.29, 0.717) is 11.3 Å². The van der Waals surface area contributed by atoms with Crippen molar-refractivity contribution in [3.63, 3.8) is 0 Å². The van der Waals surface area contributed by atoms with Crippen molar-refractivity contribution in [1.82, 2.24) is 0 Å². The quantitative estimate of drug-likeness (QED) is 0.745. The van der Waals surface area contributed by atoms with Crippen LogP contribution in [-0.4, -0.2) is 0 Å². The van der Waals surface area contributed by atoms with Crippen LogP contribution in [-0.2, 0) is 6.42 Å². The van der Waals surface area contributed by atoms with Gasteiger partial charge in [-0.2, -0.15) is 0 Å². The summed E-state index contributed by atoms with van der Waals surface area (Å²) in [4.78, 5) is 0. The van der Waals surface area contributed by atoms with Crippen LogP contribution in [0.1, 0.15) is 55.2 Å². The fourth-order valence-corrected chi connectivity index (χ4v) is 4.22. The predicted octanol–water partition coefficient (Wildman–Crippen LogP) is 5.48. The van der Waals surface area contributed by atoms with Crippen molar-refractivity contribution in [2.75, 3.05) is 5.73 Å². The molecule has 0 aromatic heterocycles. The zero-order valence-electron chi connectivity index (χ0n) is 13.8. The minimum Gasteiger partial charge on any atom is -0.399 e. The van der Waals surface area contributed by atoms with Gasteiger partial charge in [0.15, 0.2) is 0 Å². The third-order valence-electron chi connectivity index (χ3n) is 5.48. The summed E-state index contributed by atoms with van der Waals surface area (Å²) in [6.07, 6.45) is 6.49. The lowest BCUT2D eigenvalue weighted by Crippen LogP contribution is -2.32. The Morgan fingerprint density at radius 3 is 2.50 bits per heavy atom. The van der Waals surface area contributed by atoms with Gasteiger partial charge in [0.25, 0.3) is 0 Å². The van der Waals surface area contributed by atoms with Crippen LogP contribution in [0.5, 0.6) is 0 Å². The van der Waals surface area contributed by atoms with Gasteiger partial charge in [-0.15, -0.1) is 0 Å². The Hall–Kier alpha value is -1.76. The fourth-order valence-electron chi connectivity index (χ4n) is 4.22. The van der Waals surface area contributed by atoms with Gasteiger partial charge < -0.3 is 5.73 Å². The molecule has 116 valence electrons. The number of benzene rings is 2. The normalized spacial score (nSPS) is 25.1. The Morgan fingerprint density at radius 1 is 1.05 bits per heavy atom. The number of rotatable bonds is 3. The molecule has 1 fully saturated rings. The average molecular weight is 293 g/mol. The summed E-state index contributed by atoms with van der Waals surface area (Å²) in [5.74, 6) is 0.667. The van der Waals surface area contributed by atoms with E-state index in [-0.39, 0.29) is 0 Å². The van der Waals surface area contributed by atoms with Gasteiger partial charge in [-0.1, -0.05) is 56.2 Å². The van der Waals surface area contributed by atoms with Crippen LogP contribution in [0.3, 0.4) is 0 Å². The van der Waals surface area contributed by atoms with E-state index >= 15 is 0 Å². The second-order valence-corrected chi connectivity index (χ2v) is 7.23. The Labute approximate surface area is 134 Å². The van der Waals surface area contributed by atoms with Gasteiger partial charge >= 0.3 is 0 Å². The monoisotopic (exact) mass is 293 g/mol. The summed E-state index contributed by atoms with van der Waals surface area (Å²) >= 11 is 0. The first kappa shape index (κ1) is 15.1. The summed E-state index contributed by atoms with van der Waals surface area (Å²) in [6.45, 7) is 4.74. The minimum absolute atomic E-state index is 0.348. The van der Waals surface area contributed by atoms with Crippen molar-refractivity contribution < 1.29 is 0 Å². The number of anilines is 1. The molecule has 2 N–H and O–H groups in total. The molecule has 0 radical (unpaired) electrons. The van der Waals surface area contributed by atoms with E-state index < -0.39 is 0 Å². The summed E-state index contributed by atoms with van der Waals surface area (Å²) in [5, 5.41) is 0. The summed E-state index contributed by atoms with van der Waals surface area (Å²) in [5.41, 5.74) is 11.4. The van der Waals surface area contributed by atoms with E-state index in [1.807, 2.05) is 12.1 Å². The molecule has 0 heterocycles. The highest BCUT2D eigenvalue weighted by atomic mass is 14.5. The lowest BCUT2D eigenvalue weighted by molar-refractivity contribution is 0.172. The maximum atomic E-state index is 5.83. The maximum absolute atomic E-state index is 5.83. The minimum atomic E-state index is 0.348. The topological polar surface area (TPSA) is 26.0 Å². The van der Waals surface area contributed by atoms with Crippen LogP contribution in [0.25, 0.3) is 0 Å². The van der Waals surface area contributed by atoms with E-state index in [0.717, 1.165) is 12.1 Å². The van der Waals surface area contributed by atoms with Crippen LogP contribution < -0.4 is 5.73 Å². The number of nitrogens with two attached hydrogens (primary N) is 1. The predicted molar refractivity (Wildman–Crippen MR) is 95.1 cm³/mol. The Bertz CT molecular complexity index is 629. The van der Waals surface area contributed by atoms with Gasteiger partial charge in [0.2, 0.25) is 0 Å². The van der Waals surface area contributed by atoms with Crippen molar-refractivity contribution >= 4 is 5.69 Å². The van der Waals surface area contributed by atoms with Crippen LogP contribution >= 0.6 is 0 Å². The summed E-state index contributed by atoms with van der Waals surface area (Å²) < 4.78 is 0. The first-order valence-corrected chi connectivity index (χ1v) is 8.48. The highest BCUT2D eigenvalue weighted by Crippen LogP contribution is 2.49. The first-order valence-electron chi connectivity index (χ1n) is 8.48. The van der Waals surface area contributed by atoms with Gasteiger partial charge in [0, 0.05) is 5.69 Å². The van der Waals surface area contributed by atoms with Crippen LogP contribution in [0.4, 0.5) is 5.69 Å². The molecule has 2 aromatic carbocycles. The van der Waals surface area contributed by atoms with Crippen molar-refractivity contribution in [2.45, 2.75) is 51.9 Å². The van der Waals surface area contributed by atoms with Gasteiger partial charge in [0.1, 0.15) is 0 Å². The molecule has 1 saturated carbocycles. The zero-order valence-corrected chi connectivity index (χ0v) is 13.8. The van der Waals surface area contributed by atoms with Crippen molar-refractivity contribution in [3.05, 3.63) is 65.2 Å². The smallest absolute Gasteiger partial charge is 0.0314 e. The molecule has 0 bridgehead atoms. The van der Waals surface area contributed by atoms with Gasteiger partial charge in [-0.05, 0) is 66.3 Å². The van der Waals surface area contributed by atoms with E-state index in [4.69, 9.17) is 5.73 Å². The van der Waals surface area contributed by atoms with Gasteiger partial charge in [-0.25, -0.2) is 0 Å². The van der Waals surface area contributed by atoms with E-state index in [9.17, 15) is 0 Å². The molecule has 0 spiro atoms. The molecule has 22 heavy (non-hydrogen) atoms. The zero-order chi connectivity index (χ0) is 15.6. The number of nitrogen functional groups attached to an aromatic ring is 1. The maximum Gasteiger partial charge on any atom is 0.0314 e. The van der Waals surface area contributed by atoms with Crippen LogP contribution in [0, 0.1) is 12.3 Å². The second kappa shape index (κ2) is 6.16. The molecule has 1 aliphatic rings. The molecular weight excluding hydrogens is 266 g/mol. The fraction of sp³-hybridized carbons (Fsp3) is 0.429. The Balaban J connectivity index is 1.91. The number of aryl methyl sites for hydroxylation is 1. The van der Waals surface area contributed by atoms with Crippen molar-refractivity contribution in [3.8, 4) is 0 Å². The van der Waals surface area contributed by atoms with Gasteiger partial charge in [0.05, 0.1) is 0 Å². The third kappa shape index (κ3) is 3.04. The SMILES string of the molecule is Cc1ccccc1C1CCCCC1(C)Cc1ccc(N)cc1. The summed E-state index contributed by atoms with van der Waals surface area (Å²) in [6, 6.07) is 17.4. The molecule has 1 aliphatic carbocycles. The molecule has 1 nitrogen and oxygen atoms in total. The Morgan fingerprint density at radius 2 is 1.77 bits per heavy atom. The molecule has 0 saturated heterocycles. The molecule has 1 heteroatoms. The highest BCUT2D eigenvalue weighted by Gasteiger charge is 2.37. The highest BCUT2D eigenvalue weighted by molar-refractivity contribution is 5.40. The Kier molecular flexibility index (Phi) is 4.24. The standard InChI is InChI=1S/C21H27N/c1-16-7-3-4-8-19(16)20-9-5-6-14-21(20,2)15-17-10-12-18(22)13-11-17/h3-4,7-8,10-13,20H,5-6,9,14-15,22H2,1-2H3. The number of hydrogen-bond donors (Lipinski definition) is 1.